The van der Waals surface area contributed by atoms with Crippen molar-refractivity contribution in [3.8, 4) is 0 Å². The summed E-state index contributed by atoms with van der Waals surface area (Å²) in [4.78, 5) is 14.2. The van der Waals surface area contributed by atoms with Crippen LogP contribution >= 0.6 is 0 Å². The number of carbonyl (C=O) groups is 1. The summed E-state index contributed by atoms with van der Waals surface area (Å²) in [5.74, 6) is 0.198. The van der Waals surface area contributed by atoms with E-state index in [1.54, 1.807) is 0 Å². The van der Waals surface area contributed by atoms with Gasteiger partial charge in [-0.15, -0.1) is 0 Å². The molecule has 1 amide bonds. The highest BCUT2D eigenvalue weighted by Gasteiger charge is 2.38. The van der Waals surface area contributed by atoms with Gasteiger partial charge < -0.3 is 10.0 Å². The zero-order valence-corrected chi connectivity index (χ0v) is 12.0. The highest BCUT2D eigenvalue weighted by molar-refractivity contribution is 5.98. The van der Waals surface area contributed by atoms with Gasteiger partial charge in [0.1, 0.15) is 0 Å². The molecule has 1 N–H and O–H groups in total. The van der Waals surface area contributed by atoms with Gasteiger partial charge >= 0.3 is 0 Å². The van der Waals surface area contributed by atoms with Crippen molar-refractivity contribution in [3.63, 3.8) is 0 Å². The Labute approximate surface area is 115 Å². The summed E-state index contributed by atoms with van der Waals surface area (Å²) in [7, 11) is 0. The molecule has 3 heteroatoms. The van der Waals surface area contributed by atoms with E-state index in [9.17, 15) is 9.90 Å². The molecule has 19 heavy (non-hydrogen) atoms. The fraction of sp³-hybridized carbons (Fsp3) is 0.562. The largest absolute Gasteiger partial charge is 0.396 e. The van der Waals surface area contributed by atoms with Gasteiger partial charge in [-0.2, -0.15) is 0 Å². The Morgan fingerprint density at radius 3 is 2.26 bits per heavy atom. The summed E-state index contributed by atoms with van der Waals surface area (Å²) in [5, 5.41) is 9.39. The summed E-state index contributed by atoms with van der Waals surface area (Å²) in [6, 6.07) is 6.34. The normalized spacial score (nSPS) is 23.2. The molecule has 0 spiro atoms. The summed E-state index contributed by atoms with van der Waals surface area (Å²) in [5.41, 5.74) is 3.53. The van der Waals surface area contributed by atoms with E-state index in [0.717, 1.165) is 18.5 Å². The molecule has 104 valence electrons. The first-order valence-electron chi connectivity index (χ1n) is 7.17. The van der Waals surface area contributed by atoms with E-state index in [0.29, 0.717) is 6.42 Å². The van der Waals surface area contributed by atoms with Crippen molar-refractivity contribution < 1.29 is 9.90 Å². The minimum absolute atomic E-state index is 0.0575. The van der Waals surface area contributed by atoms with E-state index < -0.39 is 0 Å². The maximum Gasteiger partial charge on any atom is 0.227 e. The molecule has 2 unspecified atom stereocenters. The fourth-order valence-corrected chi connectivity index (χ4v) is 3.00. The molecule has 1 aliphatic heterocycles. The number of aryl methyl sites for hydroxylation is 2. The van der Waals surface area contributed by atoms with Crippen LogP contribution in [-0.2, 0) is 17.6 Å². The monoisotopic (exact) mass is 261 g/mol. The zero-order chi connectivity index (χ0) is 14.0. The van der Waals surface area contributed by atoms with E-state index in [2.05, 4.69) is 32.0 Å². The lowest BCUT2D eigenvalue weighted by Crippen LogP contribution is -2.35. The molecule has 0 bridgehead atoms. The minimum Gasteiger partial charge on any atom is -0.396 e. The van der Waals surface area contributed by atoms with E-state index in [4.69, 9.17) is 0 Å². The smallest absolute Gasteiger partial charge is 0.227 e. The molecular formula is C16H23NO2. The molecule has 1 fully saturated rings. The molecule has 0 aromatic heterocycles. The molecule has 1 aliphatic rings. The van der Waals surface area contributed by atoms with Crippen LogP contribution < -0.4 is 4.90 Å². The molecule has 2 rings (SSSR count). The second-order valence-corrected chi connectivity index (χ2v) is 5.28. The lowest BCUT2D eigenvalue weighted by Gasteiger charge is -2.28. The second kappa shape index (κ2) is 5.74. The lowest BCUT2D eigenvalue weighted by atomic mass is 9.99. The highest BCUT2D eigenvalue weighted by Crippen LogP contribution is 2.35. The number of carbonyl (C=O) groups excluding carboxylic acids is 1. The van der Waals surface area contributed by atoms with E-state index in [1.807, 2.05) is 11.8 Å². The van der Waals surface area contributed by atoms with Crippen LogP contribution in [0, 0.1) is 5.92 Å². The van der Waals surface area contributed by atoms with Gasteiger partial charge in [0.25, 0.3) is 0 Å². The third-order valence-electron chi connectivity index (χ3n) is 4.24. The van der Waals surface area contributed by atoms with Gasteiger partial charge in [-0.25, -0.2) is 0 Å². The van der Waals surface area contributed by atoms with Crippen LogP contribution in [0.25, 0.3) is 0 Å². The Kier molecular flexibility index (Phi) is 4.25. The fourth-order valence-electron chi connectivity index (χ4n) is 3.00. The number of rotatable bonds is 4. The summed E-state index contributed by atoms with van der Waals surface area (Å²) < 4.78 is 0. The molecule has 1 aromatic rings. The number of anilines is 1. The summed E-state index contributed by atoms with van der Waals surface area (Å²) in [6.07, 6.45) is 2.30. The Morgan fingerprint density at radius 1 is 1.26 bits per heavy atom. The second-order valence-electron chi connectivity index (χ2n) is 5.28. The molecule has 0 radical (unpaired) electrons. The first-order chi connectivity index (χ1) is 9.13. The van der Waals surface area contributed by atoms with Crippen LogP contribution in [0.15, 0.2) is 18.2 Å². The van der Waals surface area contributed by atoms with Gasteiger partial charge in [-0.05, 0) is 30.9 Å². The minimum atomic E-state index is 0.0575. The molecule has 3 nitrogen and oxygen atoms in total. The molecule has 0 aliphatic carbocycles. The van der Waals surface area contributed by atoms with Crippen molar-refractivity contribution in [2.24, 2.45) is 5.92 Å². The number of hydrogen-bond donors (Lipinski definition) is 1. The lowest BCUT2D eigenvalue weighted by molar-refractivity contribution is -0.117. The van der Waals surface area contributed by atoms with Crippen LogP contribution in [-0.4, -0.2) is 23.7 Å². The molecule has 2 atom stereocenters. The van der Waals surface area contributed by atoms with Gasteiger partial charge in [0.2, 0.25) is 5.91 Å². The maximum atomic E-state index is 12.3. The van der Waals surface area contributed by atoms with Crippen LogP contribution in [0.2, 0.25) is 0 Å². The van der Waals surface area contributed by atoms with Crippen LogP contribution in [0.3, 0.4) is 0 Å². The number of amides is 1. The van der Waals surface area contributed by atoms with Crippen molar-refractivity contribution in [2.45, 2.75) is 46.1 Å². The molecule has 1 saturated heterocycles. The van der Waals surface area contributed by atoms with Gasteiger partial charge in [-0.1, -0.05) is 32.0 Å². The van der Waals surface area contributed by atoms with E-state index >= 15 is 0 Å². The third kappa shape index (κ3) is 2.39. The van der Waals surface area contributed by atoms with E-state index in [1.165, 1.54) is 11.1 Å². The predicted molar refractivity (Wildman–Crippen MR) is 77.3 cm³/mol. The average Bonchev–Trinajstić information content (AvgIpc) is 2.72. The van der Waals surface area contributed by atoms with Crippen molar-refractivity contribution >= 4 is 11.6 Å². The maximum absolute atomic E-state index is 12.3. The number of aliphatic hydroxyl groups is 1. The highest BCUT2D eigenvalue weighted by atomic mass is 16.3. The molecule has 1 heterocycles. The molecule has 1 aromatic carbocycles. The predicted octanol–water partition coefficient (Wildman–Crippen LogP) is 2.55. The van der Waals surface area contributed by atoms with Gasteiger partial charge in [-0.3, -0.25) is 4.79 Å². The van der Waals surface area contributed by atoms with Gasteiger partial charge in [0, 0.05) is 25.0 Å². The average molecular weight is 261 g/mol. The summed E-state index contributed by atoms with van der Waals surface area (Å²) in [6.45, 7) is 6.36. The van der Waals surface area contributed by atoms with Crippen molar-refractivity contribution in [1.82, 2.24) is 0 Å². The number of aliphatic hydroxyl groups excluding tert-OH is 1. The molecule has 0 saturated carbocycles. The van der Waals surface area contributed by atoms with Crippen LogP contribution in [0.4, 0.5) is 5.69 Å². The Morgan fingerprint density at radius 2 is 1.84 bits per heavy atom. The van der Waals surface area contributed by atoms with Gasteiger partial charge in [0.15, 0.2) is 0 Å². The molecular weight excluding hydrogens is 238 g/mol. The third-order valence-corrected chi connectivity index (χ3v) is 4.24. The Balaban J connectivity index is 2.49. The first-order valence-corrected chi connectivity index (χ1v) is 7.17. The van der Waals surface area contributed by atoms with Crippen molar-refractivity contribution in [3.05, 3.63) is 29.3 Å². The topological polar surface area (TPSA) is 40.5 Å². The number of hydrogen-bond acceptors (Lipinski definition) is 2. The number of nitrogens with zero attached hydrogens (tertiary/aromatic N) is 1. The Hall–Kier alpha value is -1.35. The SMILES string of the molecule is CCc1cccc(CC)c1N1C(=O)CC(CO)C1C. The van der Waals surface area contributed by atoms with Crippen LogP contribution in [0.1, 0.15) is 38.3 Å². The first kappa shape index (κ1) is 14.1. The standard InChI is InChI=1S/C16H23NO2/c1-4-12-7-6-8-13(5-2)16(12)17-11(3)14(10-18)9-15(17)19/h6-8,11,14,18H,4-5,9-10H2,1-3H3. The van der Waals surface area contributed by atoms with E-state index in [-0.39, 0.29) is 24.5 Å². The number of benzene rings is 1. The van der Waals surface area contributed by atoms with Crippen molar-refractivity contribution in [1.29, 1.82) is 0 Å². The zero-order valence-electron chi connectivity index (χ0n) is 12.0. The van der Waals surface area contributed by atoms with Crippen LogP contribution in [0.5, 0.6) is 0 Å². The number of para-hydroxylation sites is 1. The quantitative estimate of drug-likeness (QED) is 0.905. The Bertz CT molecular complexity index is 448. The van der Waals surface area contributed by atoms with Gasteiger partial charge in [0.05, 0.1) is 5.69 Å². The van der Waals surface area contributed by atoms with Crippen molar-refractivity contribution in [2.75, 3.05) is 11.5 Å². The summed E-state index contributed by atoms with van der Waals surface area (Å²) >= 11 is 0.